The zero-order valence-corrected chi connectivity index (χ0v) is 14.0. The third-order valence-corrected chi connectivity index (χ3v) is 3.38. The van der Waals surface area contributed by atoms with E-state index in [0.29, 0.717) is 18.8 Å². The average Bonchev–Trinajstić information content (AvgIpc) is 2.82. The van der Waals surface area contributed by atoms with Gasteiger partial charge in [0.05, 0.1) is 13.2 Å². The summed E-state index contributed by atoms with van der Waals surface area (Å²) in [6, 6.07) is 0. The molecule has 1 aromatic heterocycles. The van der Waals surface area contributed by atoms with Gasteiger partial charge in [-0.15, -0.1) is 11.3 Å². The average molecular weight is 313 g/mol. The van der Waals surface area contributed by atoms with Crippen LogP contribution in [0.2, 0.25) is 0 Å². The van der Waals surface area contributed by atoms with Crippen LogP contribution in [0, 0.1) is 0 Å². The lowest BCUT2D eigenvalue weighted by Crippen LogP contribution is -2.47. The van der Waals surface area contributed by atoms with Crippen LogP contribution in [0.15, 0.2) is 5.38 Å². The normalized spacial score (nSPS) is 11.3. The third-order valence-electron chi connectivity index (χ3n) is 2.56. The summed E-state index contributed by atoms with van der Waals surface area (Å²) in [5.41, 5.74) is 0.0451. The van der Waals surface area contributed by atoms with Crippen LogP contribution in [0.5, 0.6) is 0 Å². The summed E-state index contributed by atoms with van der Waals surface area (Å²) in [5.74, 6) is -0.412. The molecule has 1 heterocycles. The molecular formula is C14H23N3O3S. The molecular weight excluding hydrogens is 290 g/mol. The molecule has 0 radical (unpaired) electrons. The maximum Gasteiger partial charge on any atom is 0.273 e. The van der Waals surface area contributed by atoms with Crippen LogP contribution in [0.25, 0.3) is 0 Å². The summed E-state index contributed by atoms with van der Waals surface area (Å²) in [4.78, 5) is 30.0. The van der Waals surface area contributed by atoms with Gasteiger partial charge in [-0.1, -0.05) is 0 Å². The molecule has 0 aromatic carbocycles. The minimum absolute atomic E-state index is 0.0315. The number of carbonyl (C=O) groups excluding carboxylic acids is 2. The molecule has 7 heteroatoms. The highest BCUT2D eigenvalue weighted by Gasteiger charge is 2.22. The topological polar surface area (TPSA) is 71.5 Å². The maximum atomic E-state index is 12.3. The van der Waals surface area contributed by atoms with Gasteiger partial charge in [-0.05, 0) is 27.7 Å². The van der Waals surface area contributed by atoms with E-state index in [4.69, 9.17) is 4.74 Å². The van der Waals surface area contributed by atoms with Crippen molar-refractivity contribution in [1.29, 1.82) is 0 Å². The highest BCUT2D eigenvalue weighted by atomic mass is 32.1. The van der Waals surface area contributed by atoms with Crippen LogP contribution in [0.4, 0.5) is 0 Å². The van der Waals surface area contributed by atoms with Gasteiger partial charge in [0.1, 0.15) is 10.7 Å². The molecule has 0 aliphatic carbocycles. The summed E-state index contributed by atoms with van der Waals surface area (Å²) in [6.45, 7) is 8.41. The minimum atomic E-state index is -0.314. The summed E-state index contributed by atoms with van der Waals surface area (Å²) < 4.78 is 4.99. The summed E-state index contributed by atoms with van der Waals surface area (Å²) in [7, 11) is 1.58. The highest BCUT2D eigenvalue weighted by Crippen LogP contribution is 2.13. The van der Waals surface area contributed by atoms with E-state index in [2.05, 4.69) is 10.3 Å². The number of hydrogen-bond acceptors (Lipinski definition) is 5. The largest absolute Gasteiger partial charge is 0.378 e. The number of likely N-dealkylation sites (N-methyl/N-ethyl adjacent to an activating group) is 1. The van der Waals surface area contributed by atoms with E-state index in [1.165, 1.54) is 16.2 Å². The third kappa shape index (κ3) is 5.81. The fourth-order valence-electron chi connectivity index (χ4n) is 1.72. The molecule has 118 valence electrons. The first-order valence-electron chi connectivity index (χ1n) is 6.80. The van der Waals surface area contributed by atoms with Gasteiger partial charge in [-0.3, -0.25) is 9.59 Å². The standard InChI is InChI=1S/C14H23N3O3S/c1-6-17(7-11(18)16-14(2,3)4)13(19)10-9-21-12(15-10)8-20-5/h9H,6-8H2,1-5H3,(H,16,18). The Hall–Kier alpha value is -1.47. The summed E-state index contributed by atoms with van der Waals surface area (Å²) >= 11 is 1.38. The second-order valence-electron chi connectivity index (χ2n) is 5.68. The summed E-state index contributed by atoms with van der Waals surface area (Å²) in [6.07, 6.45) is 0. The van der Waals surface area contributed by atoms with E-state index < -0.39 is 0 Å². The molecule has 0 spiro atoms. The Morgan fingerprint density at radius 1 is 1.43 bits per heavy atom. The minimum Gasteiger partial charge on any atom is -0.378 e. The highest BCUT2D eigenvalue weighted by molar-refractivity contribution is 7.09. The Morgan fingerprint density at radius 2 is 2.10 bits per heavy atom. The van der Waals surface area contributed by atoms with Crippen molar-refractivity contribution >= 4 is 23.2 Å². The van der Waals surface area contributed by atoms with Gasteiger partial charge in [-0.2, -0.15) is 0 Å². The monoisotopic (exact) mass is 313 g/mol. The Labute approximate surface area is 129 Å². The quantitative estimate of drug-likeness (QED) is 0.867. The molecule has 0 atom stereocenters. The number of amides is 2. The molecule has 1 N–H and O–H groups in total. The van der Waals surface area contributed by atoms with E-state index in [1.807, 2.05) is 27.7 Å². The Balaban J connectivity index is 2.70. The van der Waals surface area contributed by atoms with Crippen LogP contribution < -0.4 is 5.32 Å². The van der Waals surface area contributed by atoms with Crippen molar-refractivity contribution in [3.63, 3.8) is 0 Å². The first-order valence-corrected chi connectivity index (χ1v) is 7.68. The molecule has 0 saturated carbocycles. The van der Waals surface area contributed by atoms with Crippen molar-refractivity contribution in [1.82, 2.24) is 15.2 Å². The fourth-order valence-corrected chi connectivity index (χ4v) is 2.46. The van der Waals surface area contributed by atoms with Crippen molar-refractivity contribution < 1.29 is 14.3 Å². The first kappa shape index (κ1) is 17.6. The molecule has 0 bridgehead atoms. The number of thiazole rings is 1. The Kier molecular flexibility index (Phi) is 6.29. The SMILES string of the molecule is CCN(CC(=O)NC(C)(C)C)C(=O)c1csc(COC)n1. The number of nitrogens with zero attached hydrogens (tertiary/aromatic N) is 2. The number of hydrogen-bond donors (Lipinski definition) is 1. The van der Waals surface area contributed by atoms with Crippen LogP contribution in [-0.4, -0.2) is 47.4 Å². The van der Waals surface area contributed by atoms with Gasteiger partial charge in [-0.25, -0.2) is 4.98 Å². The zero-order chi connectivity index (χ0) is 16.0. The van der Waals surface area contributed by atoms with Crippen LogP contribution >= 0.6 is 11.3 Å². The number of nitrogens with one attached hydrogen (secondary N) is 1. The van der Waals surface area contributed by atoms with E-state index in [9.17, 15) is 9.59 Å². The second-order valence-corrected chi connectivity index (χ2v) is 6.62. The van der Waals surface area contributed by atoms with Crippen molar-refractivity contribution in [3.05, 3.63) is 16.1 Å². The van der Waals surface area contributed by atoms with Gasteiger partial charge < -0.3 is 15.0 Å². The fraction of sp³-hybridized carbons (Fsp3) is 0.643. The molecule has 1 aromatic rings. The van der Waals surface area contributed by atoms with Crippen molar-refractivity contribution in [2.45, 2.75) is 39.8 Å². The molecule has 21 heavy (non-hydrogen) atoms. The van der Waals surface area contributed by atoms with E-state index in [-0.39, 0.29) is 23.9 Å². The first-order chi connectivity index (χ1) is 9.76. The van der Waals surface area contributed by atoms with Crippen LogP contribution in [-0.2, 0) is 16.1 Å². The van der Waals surface area contributed by atoms with Crippen molar-refractivity contribution in [2.75, 3.05) is 20.2 Å². The van der Waals surface area contributed by atoms with Crippen molar-refractivity contribution in [2.24, 2.45) is 0 Å². The predicted octanol–water partition coefficient (Wildman–Crippen LogP) is 1.67. The number of methoxy groups -OCH3 is 1. The Bertz CT molecular complexity index is 494. The lowest BCUT2D eigenvalue weighted by Gasteiger charge is -2.24. The van der Waals surface area contributed by atoms with E-state index in [1.54, 1.807) is 12.5 Å². The molecule has 1 rings (SSSR count). The smallest absolute Gasteiger partial charge is 0.273 e. The Morgan fingerprint density at radius 3 is 2.62 bits per heavy atom. The van der Waals surface area contributed by atoms with Crippen LogP contribution in [0.1, 0.15) is 43.2 Å². The van der Waals surface area contributed by atoms with Crippen LogP contribution in [0.3, 0.4) is 0 Å². The second kappa shape index (κ2) is 7.51. The van der Waals surface area contributed by atoms with E-state index in [0.717, 1.165) is 5.01 Å². The number of carbonyl (C=O) groups is 2. The molecule has 0 aliphatic heterocycles. The number of aromatic nitrogens is 1. The lowest BCUT2D eigenvalue weighted by atomic mass is 10.1. The molecule has 0 fully saturated rings. The maximum absolute atomic E-state index is 12.3. The lowest BCUT2D eigenvalue weighted by molar-refractivity contribution is -0.123. The van der Waals surface area contributed by atoms with Crippen molar-refractivity contribution in [3.8, 4) is 0 Å². The number of ether oxygens (including phenoxy) is 1. The molecule has 6 nitrogen and oxygen atoms in total. The van der Waals surface area contributed by atoms with Gasteiger partial charge in [0.2, 0.25) is 5.91 Å². The molecule has 0 unspecified atom stereocenters. The van der Waals surface area contributed by atoms with Gasteiger partial charge in [0.25, 0.3) is 5.91 Å². The summed E-state index contributed by atoms with van der Waals surface area (Å²) in [5, 5.41) is 5.29. The van der Waals surface area contributed by atoms with E-state index >= 15 is 0 Å². The van der Waals surface area contributed by atoms with Gasteiger partial charge in [0, 0.05) is 24.6 Å². The van der Waals surface area contributed by atoms with Gasteiger partial charge >= 0.3 is 0 Å². The van der Waals surface area contributed by atoms with Gasteiger partial charge in [0.15, 0.2) is 0 Å². The molecule has 0 saturated heterocycles. The number of rotatable bonds is 6. The molecule has 0 aliphatic rings. The molecule has 2 amide bonds. The zero-order valence-electron chi connectivity index (χ0n) is 13.2. The predicted molar refractivity (Wildman–Crippen MR) is 82.3 cm³/mol.